The number of anilines is 1. The largest absolute Gasteiger partial charge is 0.448 e. The smallest absolute Gasteiger partial charge is 0.338 e. The van der Waals surface area contributed by atoms with Crippen molar-refractivity contribution in [2.75, 3.05) is 5.73 Å². The molecule has 1 aliphatic heterocycles. The van der Waals surface area contributed by atoms with Crippen LogP contribution in [0.2, 0.25) is 0 Å². The third kappa shape index (κ3) is 2.41. The lowest BCUT2D eigenvalue weighted by atomic mass is 10.2. The first-order valence-electron chi connectivity index (χ1n) is 4.96. The highest BCUT2D eigenvalue weighted by Crippen LogP contribution is 2.12. The molecule has 2 rings (SSSR count). The molecule has 1 heterocycles. The molecule has 0 saturated carbocycles. The predicted molar refractivity (Wildman–Crippen MR) is 57.8 cm³/mol. The van der Waals surface area contributed by atoms with Crippen molar-refractivity contribution in [3.63, 3.8) is 0 Å². The number of amides is 2. The molecule has 1 aromatic rings. The Hall–Kier alpha value is -2.37. The number of esters is 1. The van der Waals surface area contributed by atoms with Gasteiger partial charge in [-0.05, 0) is 24.3 Å². The number of nitrogens with one attached hydrogen (secondary N) is 1. The van der Waals surface area contributed by atoms with Gasteiger partial charge in [-0.3, -0.25) is 14.9 Å². The molecule has 1 atom stereocenters. The summed E-state index contributed by atoms with van der Waals surface area (Å²) >= 11 is 0. The van der Waals surface area contributed by atoms with Crippen molar-refractivity contribution in [1.82, 2.24) is 5.32 Å². The van der Waals surface area contributed by atoms with Crippen LogP contribution in [0.5, 0.6) is 0 Å². The van der Waals surface area contributed by atoms with E-state index in [1.54, 1.807) is 12.1 Å². The van der Waals surface area contributed by atoms with Crippen molar-refractivity contribution in [3.05, 3.63) is 29.8 Å². The lowest BCUT2D eigenvalue weighted by molar-refractivity contribution is -0.128. The van der Waals surface area contributed by atoms with Crippen LogP contribution in [0.15, 0.2) is 24.3 Å². The normalized spacial score (nSPS) is 18.9. The molecule has 6 nitrogen and oxygen atoms in total. The summed E-state index contributed by atoms with van der Waals surface area (Å²) in [5.41, 5.74) is 6.28. The maximum Gasteiger partial charge on any atom is 0.338 e. The summed E-state index contributed by atoms with van der Waals surface area (Å²) in [5.74, 6) is -1.68. The minimum atomic E-state index is -1.03. The number of imide groups is 1. The Morgan fingerprint density at radius 1 is 1.29 bits per heavy atom. The molecule has 1 unspecified atom stereocenters. The van der Waals surface area contributed by atoms with Gasteiger partial charge in [-0.15, -0.1) is 0 Å². The van der Waals surface area contributed by atoms with Crippen LogP contribution >= 0.6 is 0 Å². The zero-order valence-electron chi connectivity index (χ0n) is 8.80. The maximum atomic E-state index is 11.6. The van der Waals surface area contributed by atoms with Crippen LogP contribution in [0.25, 0.3) is 0 Å². The Morgan fingerprint density at radius 2 is 1.94 bits per heavy atom. The topological polar surface area (TPSA) is 98.5 Å². The van der Waals surface area contributed by atoms with Gasteiger partial charge in [0, 0.05) is 5.69 Å². The average Bonchev–Trinajstić information content (AvgIpc) is 2.58. The molecule has 2 amide bonds. The van der Waals surface area contributed by atoms with E-state index in [1.807, 2.05) is 0 Å². The monoisotopic (exact) mass is 234 g/mol. The Bertz CT molecular complexity index is 481. The van der Waals surface area contributed by atoms with Crippen molar-refractivity contribution in [3.8, 4) is 0 Å². The third-order valence-corrected chi connectivity index (χ3v) is 2.32. The second-order valence-electron chi connectivity index (χ2n) is 3.63. The summed E-state index contributed by atoms with van der Waals surface area (Å²) in [4.78, 5) is 33.7. The molecule has 17 heavy (non-hydrogen) atoms. The highest BCUT2D eigenvalue weighted by Gasteiger charge is 2.33. The predicted octanol–water partition coefficient (Wildman–Crippen LogP) is -0.159. The molecule has 0 aromatic heterocycles. The van der Waals surface area contributed by atoms with Crippen LogP contribution < -0.4 is 11.1 Å². The summed E-state index contributed by atoms with van der Waals surface area (Å²) in [6.07, 6.45) is -1.16. The molecule has 1 saturated heterocycles. The molecule has 6 heteroatoms. The molecule has 88 valence electrons. The Morgan fingerprint density at radius 3 is 2.47 bits per heavy atom. The van der Waals surface area contributed by atoms with Crippen molar-refractivity contribution in [1.29, 1.82) is 0 Å². The highest BCUT2D eigenvalue weighted by molar-refractivity contribution is 6.06. The molecule has 0 aliphatic carbocycles. The van der Waals surface area contributed by atoms with Crippen LogP contribution in [0, 0.1) is 0 Å². The first kappa shape index (κ1) is 11.1. The van der Waals surface area contributed by atoms with Gasteiger partial charge in [-0.2, -0.15) is 0 Å². The molecular weight excluding hydrogens is 224 g/mol. The Balaban J connectivity index is 2.04. The second kappa shape index (κ2) is 4.25. The lowest BCUT2D eigenvalue weighted by Crippen LogP contribution is -2.28. The van der Waals surface area contributed by atoms with Gasteiger partial charge in [-0.25, -0.2) is 4.79 Å². The zero-order valence-corrected chi connectivity index (χ0v) is 8.80. The van der Waals surface area contributed by atoms with E-state index in [9.17, 15) is 14.4 Å². The van der Waals surface area contributed by atoms with E-state index in [4.69, 9.17) is 10.5 Å². The first-order valence-corrected chi connectivity index (χ1v) is 4.96. The molecule has 0 radical (unpaired) electrons. The van der Waals surface area contributed by atoms with E-state index < -0.39 is 23.9 Å². The van der Waals surface area contributed by atoms with Gasteiger partial charge in [0.25, 0.3) is 5.91 Å². The molecule has 0 spiro atoms. The fourth-order valence-corrected chi connectivity index (χ4v) is 1.44. The number of rotatable bonds is 2. The van der Waals surface area contributed by atoms with E-state index in [-0.39, 0.29) is 12.0 Å². The standard InChI is InChI=1S/C11H10N2O4/c12-7-3-1-6(2-4-7)11(16)17-8-5-9(14)13-10(8)15/h1-4,8H,5,12H2,(H,13,14,15). The van der Waals surface area contributed by atoms with E-state index in [1.165, 1.54) is 12.1 Å². The number of hydrogen-bond donors (Lipinski definition) is 2. The van der Waals surface area contributed by atoms with E-state index in [0.717, 1.165) is 0 Å². The van der Waals surface area contributed by atoms with E-state index >= 15 is 0 Å². The quantitative estimate of drug-likeness (QED) is 0.421. The number of hydrogen-bond acceptors (Lipinski definition) is 5. The minimum absolute atomic E-state index is 0.125. The minimum Gasteiger partial charge on any atom is -0.448 e. The SMILES string of the molecule is Nc1ccc(C(=O)OC2CC(=O)NC2=O)cc1. The summed E-state index contributed by atoms with van der Waals surface area (Å²) < 4.78 is 4.91. The van der Waals surface area contributed by atoms with Gasteiger partial charge in [-0.1, -0.05) is 0 Å². The number of nitrogens with two attached hydrogens (primary N) is 1. The van der Waals surface area contributed by atoms with E-state index in [0.29, 0.717) is 5.69 Å². The summed E-state index contributed by atoms with van der Waals surface area (Å²) in [5, 5.41) is 2.06. The second-order valence-corrected chi connectivity index (χ2v) is 3.63. The summed E-state index contributed by atoms with van der Waals surface area (Å²) in [7, 11) is 0. The molecule has 0 bridgehead atoms. The van der Waals surface area contributed by atoms with Crippen LogP contribution in [-0.4, -0.2) is 23.9 Å². The van der Waals surface area contributed by atoms with Gasteiger partial charge in [0.1, 0.15) is 0 Å². The van der Waals surface area contributed by atoms with Crippen LogP contribution in [0.4, 0.5) is 5.69 Å². The summed E-state index contributed by atoms with van der Waals surface area (Å²) in [6.45, 7) is 0. The maximum absolute atomic E-state index is 11.6. The Labute approximate surface area is 96.7 Å². The van der Waals surface area contributed by atoms with Gasteiger partial charge in [0.2, 0.25) is 5.91 Å². The molecule has 1 aliphatic rings. The number of ether oxygens (including phenoxy) is 1. The van der Waals surface area contributed by atoms with Crippen LogP contribution in [0.1, 0.15) is 16.8 Å². The number of carbonyl (C=O) groups is 3. The molecular formula is C11H10N2O4. The summed E-state index contributed by atoms with van der Waals surface area (Å²) in [6, 6.07) is 6.09. The fraction of sp³-hybridized carbons (Fsp3) is 0.182. The van der Waals surface area contributed by atoms with E-state index in [2.05, 4.69) is 5.32 Å². The number of benzene rings is 1. The number of nitrogen functional groups attached to an aromatic ring is 1. The molecule has 1 fully saturated rings. The van der Waals surface area contributed by atoms with Gasteiger partial charge in [0.05, 0.1) is 12.0 Å². The third-order valence-electron chi connectivity index (χ3n) is 2.32. The fourth-order valence-electron chi connectivity index (χ4n) is 1.44. The van der Waals surface area contributed by atoms with Gasteiger partial charge >= 0.3 is 5.97 Å². The van der Waals surface area contributed by atoms with Crippen molar-refractivity contribution >= 4 is 23.5 Å². The van der Waals surface area contributed by atoms with Crippen LogP contribution in [0.3, 0.4) is 0 Å². The first-order chi connectivity index (χ1) is 8.06. The highest BCUT2D eigenvalue weighted by atomic mass is 16.5. The Kier molecular flexibility index (Phi) is 2.78. The van der Waals surface area contributed by atoms with Crippen molar-refractivity contribution in [2.24, 2.45) is 0 Å². The van der Waals surface area contributed by atoms with Gasteiger partial charge < -0.3 is 10.5 Å². The zero-order chi connectivity index (χ0) is 12.4. The average molecular weight is 234 g/mol. The van der Waals surface area contributed by atoms with Crippen molar-refractivity contribution < 1.29 is 19.1 Å². The van der Waals surface area contributed by atoms with Gasteiger partial charge in [0.15, 0.2) is 6.10 Å². The number of carbonyl (C=O) groups excluding carboxylic acids is 3. The van der Waals surface area contributed by atoms with Crippen molar-refractivity contribution in [2.45, 2.75) is 12.5 Å². The lowest BCUT2D eigenvalue weighted by Gasteiger charge is -2.08. The molecule has 3 N–H and O–H groups in total. The molecule has 1 aromatic carbocycles. The van der Waals surface area contributed by atoms with Crippen LogP contribution in [-0.2, 0) is 14.3 Å².